The highest BCUT2D eigenvalue weighted by molar-refractivity contribution is 6.00. The van der Waals surface area contributed by atoms with E-state index in [4.69, 9.17) is 5.41 Å². The Bertz CT molecular complexity index is 804. The van der Waals surface area contributed by atoms with E-state index in [1.807, 2.05) is 43.5 Å². The summed E-state index contributed by atoms with van der Waals surface area (Å²) in [6, 6.07) is 15.8. The minimum atomic E-state index is -1.61. The Morgan fingerprint density at radius 2 is 1.83 bits per heavy atom. The molecule has 1 aromatic rings. The summed E-state index contributed by atoms with van der Waals surface area (Å²) < 4.78 is 0. The van der Waals surface area contributed by atoms with Gasteiger partial charge in [0.15, 0.2) is 5.41 Å². The first-order chi connectivity index (χ1) is 11.6. The van der Waals surface area contributed by atoms with Gasteiger partial charge in [0.05, 0.1) is 23.9 Å². The summed E-state index contributed by atoms with van der Waals surface area (Å²) in [5.41, 5.74) is 0.0569. The van der Waals surface area contributed by atoms with Gasteiger partial charge in [-0.1, -0.05) is 36.4 Å². The van der Waals surface area contributed by atoms with Crippen molar-refractivity contribution < 1.29 is 0 Å². The van der Waals surface area contributed by atoms with Crippen LogP contribution in [0.15, 0.2) is 42.0 Å². The SMILES string of the molecule is CN1CC=C2C(C#N)C(=N)C(C#N)(C#N)[C@H](c3ccccc3)[C@@H]2C1. The van der Waals surface area contributed by atoms with E-state index in [2.05, 4.69) is 23.1 Å². The van der Waals surface area contributed by atoms with Crippen molar-refractivity contribution in [1.82, 2.24) is 4.90 Å². The Morgan fingerprint density at radius 3 is 2.42 bits per heavy atom. The van der Waals surface area contributed by atoms with Crippen LogP contribution >= 0.6 is 0 Å². The smallest absolute Gasteiger partial charge is 0.189 e. The van der Waals surface area contributed by atoms with Crippen LogP contribution in [0.3, 0.4) is 0 Å². The van der Waals surface area contributed by atoms with E-state index in [0.717, 1.165) is 11.1 Å². The molecule has 1 N–H and O–H groups in total. The van der Waals surface area contributed by atoms with Crippen molar-refractivity contribution in [2.75, 3.05) is 20.1 Å². The highest BCUT2D eigenvalue weighted by Gasteiger charge is 2.57. The molecule has 2 aliphatic rings. The van der Waals surface area contributed by atoms with Gasteiger partial charge in [-0.3, -0.25) is 0 Å². The Kier molecular flexibility index (Phi) is 3.94. The van der Waals surface area contributed by atoms with E-state index in [0.29, 0.717) is 13.1 Å². The van der Waals surface area contributed by atoms with E-state index in [1.54, 1.807) is 0 Å². The van der Waals surface area contributed by atoms with Crippen molar-refractivity contribution in [1.29, 1.82) is 21.2 Å². The zero-order valence-corrected chi connectivity index (χ0v) is 13.4. The minimum absolute atomic E-state index is 0.0871. The molecule has 0 amide bonds. The Labute approximate surface area is 141 Å². The molecule has 1 aliphatic carbocycles. The number of nitrogens with one attached hydrogen (secondary N) is 1. The lowest BCUT2D eigenvalue weighted by molar-refractivity contribution is 0.235. The number of nitrogens with zero attached hydrogens (tertiary/aromatic N) is 4. The predicted octanol–water partition coefficient (Wildman–Crippen LogP) is 2.46. The molecule has 1 aliphatic heterocycles. The van der Waals surface area contributed by atoms with E-state index in [9.17, 15) is 15.8 Å². The lowest BCUT2D eigenvalue weighted by Gasteiger charge is -2.47. The summed E-state index contributed by atoms with van der Waals surface area (Å²) >= 11 is 0. The molecule has 1 saturated carbocycles. The summed E-state index contributed by atoms with van der Waals surface area (Å²) in [5, 5.41) is 37.8. The average Bonchev–Trinajstić information content (AvgIpc) is 2.62. The maximum Gasteiger partial charge on any atom is 0.189 e. The van der Waals surface area contributed by atoms with Crippen molar-refractivity contribution in [3.63, 3.8) is 0 Å². The fourth-order valence-corrected chi connectivity index (χ4v) is 3.99. The van der Waals surface area contributed by atoms with Gasteiger partial charge >= 0.3 is 0 Å². The first kappa shape index (κ1) is 15.9. The van der Waals surface area contributed by atoms with Crippen molar-refractivity contribution in [3.05, 3.63) is 47.5 Å². The van der Waals surface area contributed by atoms with Gasteiger partial charge in [-0.25, -0.2) is 0 Å². The molecule has 0 bridgehead atoms. The second-order valence-corrected chi connectivity index (χ2v) is 6.43. The fraction of sp³-hybridized carbons (Fsp3) is 0.368. The Morgan fingerprint density at radius 1 is 1.17 bits per heavy atom. The van der Waals surface area contributed by atoms with Crippen LogP contribution in [0.5, 0.6) is 0 Å². The number of likely N-dealkylation sites (N-methyl/N-ethyl adjacent to an activating group) is 1. The lowest BCUT2D eigenvalue weighted by atomic mass is 9.54. The van der Waals surface area contributed by atoms with Crippen LogP contribution in [0.25, 0.3) is 0 Å². The van der Waals surface area contributed by atoms with Crippen LogP contribution < -0.4 is 0 Å². The Balaban J connectivity index is 2.26. The molecule has 0 saturated heterocycles. The summed E-state index contributed by atoms with van der Waals surface area (Å²) in [4.78, 5) is 2.12. The van der Waals surface area contributed by atoms with Crippen LogP contribution in [-0.4, -0.2) is 30.7 Å². The largest absolute Gasteiger partial charge is 0.305 e. The van der Waals surface area contributed by atoms with Gasteiger partial charge in [-0.2, -0.15) is 15.8 Å². The van der Waals surface area contributed by atoms with Gasteiger partial charge < -0.3 is 10.3 Å². The first-order valence-electron chi connectivity index (χ1n) is 7.83. The number of hydrogen-bond donors (Lipinski definition) is 1. The van der Waals surface area contributed by atoms with Gasteiger partial charge in [-0.05, 0) is 18.2 Å². The molecule has 5 nitrogen and oxygen atoms in total. The highest BCUT2D eigenvalue weighted by Crippen LogP contribution is 2.53. The molecule has 3 rings (SSSR count). The fourth-order valence-electron chi connectivity index (χ4n) is 3.99. The molecule has 1 heterocycles. The zero-order valence-electron chi connectivity index (χ0n) is 13.4. The number of rotatable bonds is 1. The van der Waals surface area contributed by atoms with Crippen LogP contribution in [0.1, 0.15) is 11.5 Å². The maximum atomic E-state index is 9.86. The standard InChI is InChI=1S/C19H17N5/c1-24-8-7-14-15(9-20)18(23)19(11-21,12-22)17(16(14)10-24)13-5-3-2-4-6-13/h2-7,15-17,23H,8,10H2,1H3/t15?,16-,17-/m1/s1. The van der Waals surface area contributed by atoms with E-state index < -0.39 is 17.3 Å². The van der Waals surface area contributed by atoms with Gasteiger partial charge in [0.25, 0.3) is 0 Å². The van der Waals surface area contributed by atoms with Crippen molar-refractivity contribution in [2.24, 2.45) is 17.3 Å². The number of nitriles is 3. The molecule has 0 aromatic heterocycles. The van der Waals surface area contributed by atoms with Crippen molar-refractivity contribution in [2.45, 2.75) is 5.92 Å². The summed E-state index contributed by atoms with van der Waals surface area (Å²) in [6.07, 6.45) is 1.99. The molecule has 1 unspecified atom stereocenters. The number of fused-ring (bicyclic) bond motifs is 1. The molecule has 3 atom stereocenters. The number of hydrogen-bond acceptors (Lipinski definition) is 5. The van der Waals surface area contributed by atoms with Crippen LogP contribution in [0, 0.1) is 56.7 Å². The third-order valence-electron chi connectivity index (χ3n) is 5.13. The topological polar surface area (TPSA) is 98.5 Å². The molecule has 118 valence electrons. The summed E-state index contributed by atoms with van der Waals surface area (Å²) in [7, 11) is 1.98. The third kappa shape index (κ3) is 2.13. The summed E-state index contributed by atoms with van der Waals surface area (Å²) in [5.74, 6) is -1.35. The van der Waals surface area contributed by atoms with Gasteiger partial charge in [0, 0.05) is 24.9 Å². The third-order valence-corrected chi connectivity index (χ3v) is 5.13. The van der Waals surface area contributed by atoms with E-state index in [-0.39, 0.29) is 11.6 Å². The zero-order chi connectivity index (χ0) is 17.3. The van der Waals surface area contributed by atoms with Crippen molar-refractivity contribution >= 4 is 5.71 Å². The molecule has 1 fully saturated rings. The van der Waals surface area contributed by atoms with Crippen LogP contribution in [0.2, 0.25) is 0 Å². The van der Waals surface area contributed by atoms with Gasteiger partial charge in [-0.15, -0.1) is 0 Å². The first-order valence-corrected chi connectivity index (χ1v) is 7.83. The molecule has 1 aromatic carbocycles. The van der Waals surface area contributed by atoms with Crippen LogP contribution in [0.4, 0.5) is 0 Å². The Hall–Kier alpha value is -2.94. The lowest BCUT2D eigenvalue weighted by Crippen LogP contribution is -2.52. The molecule has 24 heavy (non-hydrogen) atoms. The number of benzene rings is 1. The quantitative estimate of drug-likeness (QED) is 0.805. The molecular weight excluding hydrogens is 298 g/mol. The second kappa shape index (κ2) is 5.93. The van der Waals surface area contributed by atoms with E-state index in [1.165, 1.54) is 0 Å². The van der Waals surface area contributed by atoms with Crippen LogP contribution in [-0.2, 0) is 0 Å². The highest BCUT2D eigenvalue weighted by atomic mass is 15.1. The monoisotopic (exact) mass is 315 g/mol. The summed E-state index contributed by atoms with van der Waals surface area (Å²) in [6.45, 7) is 1.38. The molecule has 0 spiro atoms. The second-order valence-electron chi connectivity index (χ2n) is 6.43. The molecular formula is C19H17N5. The van der Waals surface area contributed by atoms with Gasteiger partial charge in [0.2, 0.25) is 0 Å². The normalized spacial score (nSPS) is 28.7. The molecule has 0 radical (unpaired) electrons. The van der Waals surface area contributed by atoms with E-state index >= 15 is 0 Å². The maximum absolute atomic E-state index is 9.86. The molecule has 5 heteroatoms. The average molecular weight is 315 g/mol. The minimum Gasteiger partial charge on any atom is -0.305 e. The van der Waals surface area contributed by atoms with Gasteiger partial charge in [0.1, 0.15) is 5.92 Å². The van der Waals surface area contributed by atoms with Crippen molar-refractivity contribution in [3.8, 4) is 18.2 Å². The predicted molar refractivity (Wildman–Crippen MR) is 88.7 cm³/mol.